The van der Waals surface area contributed by atoms with E-state index in [2.05, 4.69) is 0 Å². The molecule has 1 aromatic rings. The highest BCUT2D eigenvalue weighted by Gasteiger charge is 2.50. The molecule has 0 aromatic heterocycles. The van der Waals surface area contributed by atoms with Gasteiger partial charge in [0.1, 0.15) is 0 Å². The second kappa shape index (κ2) is 7.22. The molecule has 0 bridgehead atoms. The van der Waals surface area contributed by atoms with Gasteiger partial charge in [-0.1, -0.05) is 29.8 Å². The molecule has 0 aliphatic rings. The Balaban J connectivity index is 3.39. The smallest absolute Gasteiger partial charge is 0.328 e. The number of carboxylic acids is 1. The molecule has 5 heteroatoms. The van der Waals surface area contributed by atoms with Crippen molar-refractivity contribution in [3.63, 3.8) is 0 Å². The molecule has 0 fully saturated rings. The number of carbonyl (C=O) groups is 2. The van der Waals surface area contributed by atoms with E-state index in [4.69, 9.17) is 9.47 Å². The summed E-state index contributed by atoms with van der Waals surface area (Å²) < 4.78 is 10.2. The second-order valence-corrected chi connectivity index (χ2v) is 5.05. The minimum Gasteiger partial charge on any atom is -0.480 e. The molecule has 1 N–H and O–H groups in total. The number of esters is 1. The Labute approximate surface area is 124 Å². The van der Waals surface area contributed by atoms with Crippen molar-refractivity contribution in [1.82, 2.24) is 0 Å². The molecule has 0 aliphatic carbocycles. The van der Waals surface area contributed by atoms with Crippen molar-refractivity contribution >= 4 is 11.9 Å². The highest BCUT2D eigenvalue weighted by Crippen LogP contribution is 2.33. The van der Waals surface area contributed by atoms with Gasteiger partial charge in [-0.05, 0) is 26.3 Å². The monoisotopic (exact) mass is 294 g/mol. The quantitative estimate of drug-likeness (QED) is 0.617. The van der Waals surface area contributed by atoms with Crippen molar-refractivity contribution in [3.8, 4) is 0 Å². The van der Waals surface area contributed by atoms with Gasteiger partial charge < -0.3 is 14.6 Å². The fourth-order valence-electron chi connectivity index (χ4n) is 2.22. The molecule has 0 heterocycles. The first-order chi connectivity index (χ1) is 9.88. The summed E-state index contributed by atoms with van der Waals surface area (Å²) in [6, 6.07) is 6.87. The third-order valence-electron chi connectivity index (χ3n) is 3.53. The van der Waals surface area contributed by atoms with Crippen molar-refractivity contribution in [2.75, 3.05) is 13.7 Å². The molecule has 0 amide bonds. The normalized spacial score (nSPS) is 15.0. The highest BCUT2D eigenvalue weighted by molar-refractivity contribution is 6.05. The van der Waals surface area contributed by atoms with E-state index in [-0.39, 0.29) is 13.0 Å². The van der Waals surface area contributed by atoms with Crippen LogP contribution in [-0.2, 0) is 24.5 Å². The van der Waals surface area contributed by atoms with Gasteiger partial charge in [-0.3, -0.25) is 9.59 Å². The van der Waals surface area contributed by atoms with Gasteiger partial charge in [0.2, 0.25) is 0 Å². The summed E-state index contributed by atoms with van der Waals surface area (Å²) in [7, 11) is 1.48. The lowest BCUT2D eigenvalue weighted by atomic mass is 9.75. The van der Waals surface area contributed by atoms with Crippen LogP contribution < -0.4 is 0 Å². The first kappa shape index (κ1) is 17.2. The zero-order chi connectivity index (χ0) is 16.0. The Kier molecular flexibility index (Phi) is 5.90. The zero-order valence-corrected chi connectivity index (χ0v) is 12.9. The van der Waals surface area contributed by atoms with Crippen LogP contribution in [0.15, 0.2) is 24.3 Å². The molecule has 1 aromatic carbocycles. The second-order valence-electron chi connectivity index (χ2n) is 5.05. The summed E-state index contributed by atoms with van der Waals surface area (Å²) in [5, 5.41) is 9.73. The maximum atomic E-state index is 12.4. The lowest BCUT2D eigenvalue weighted by molar-refractivity contribution is -0.163. The van der Waals surface area contributed by atoms with Crippen molar-refractivity contribution in [2.45, 2.75) is 38.7 Å². The molecule has 2 atom stereocenters. The lowest BCUT2D eigenvalue weighted by Crippen LogP contribution is -2.47. The number of aliphatic carboxylic acids is 1. The fourth-order valence-corrected chi connectivity index (χ4v) is 2.22. The van der Waals surface area contributed by atoms with Gasteiger partial charge in [-0.15, -0.1) is 0 Å². The van der Waals surface area contributed by atoms with E-state index in [9.17, 15) is 14.7 Å². The van der Waals surface area contributed by atoms with Crippen LogP contribution in [-0.4, -0.2) is 36.9 Å². The van der Waals surface area contributed by atoms with Crippen LogP contribution >= 0.6 is 0 Å². The Bertz CT molecular complexity index is 494. The van der Waals surface area contributed by atoms with E-state index in [1.165, 1.54) is 7.11 Å². The summed E-state index contributed by atoms with van der Waals surface area (Å²) in [6.07, 6.45) is -0.382. The summed E-state index contributed by atoms with van der Waals surface area (Å²) in [5.41, 5.74) is -0.358. The summed E-state index contributed by atoms with van der Waals surface area (Å²) in [5.74, 6) is -1.99. The molecule has 0 saturated carbocycles. The van der Waals surface area contributed by atoms with E-state index in [1.54, 1.807) is 38.1 Å². The number of rotatable bonds is 7. The minimum atomic E-state index is -1.75. The molecular formula is C16H22O5. The molecule has 0 aliphatic heterocycles. The number of aryl methyl sites for hydroxylation is 1. The van der Waals surface area contributed by atoms with Crippen molar-refractivity contribution in [1.29, 1.82) is 0 Å². The molecule has 0 saturated heterocycles. The summed E-state index contributed by atoms with van der Waals surface area (Å²) in [6.45, 7) is 5.40. The average molecular weight is 294 g/mol. The predicted octanol–water partition coefficient (Wildman–Crippen LogP) is 2.31. The first-order valence-electron chi connectivity index (χ1n) is 6.89. The number of carboxylic acid groups (broad SMARTS) is 1. The maximum absolute atomic E-state index is 12.4. The molecule has 0 spiro atoms. The van der Waals surface area contributed by atoms with Crippen molar-refractivity contribution < 1.29 is 24.2 Å². The summed E-state index contributed by atoms with van der Waals surface area (Å²) in [4.78, 5) is 24.3. The zero-order valence-electron chi connectivity index (χ0n) is 12.9. The highest BCUT2D eigenvalue weighted by atomic mass is 16.5. The topological polar surface area (TPSA) is 72.8 Å². The van der Waals surface area contributed by atoms with Crippen LogP contribution in [0.5, 0.6) is 0 Å². The van der Waals surface area contributed by atoms with E-state index in [0.29, 0.717) is 5.56 Å². The molecule has 2 unspecified atom stereocenters. The van der Waals surface area contributed by atoms with Gasteiger partial charge in [-0.25, -0.2) is 0 Å². The standard InChI is InChI=1S/C16H22O5/c1-5-21-15(19)16(14(17)18,10-12(3)20-4)13-8-6-11(2)7-9-13/h6-9,12H,5,10H2,1-4H3,(H,17,18). The summed E-state index contributed by atoms with van der Waals surface area (Å²) >= 11 is 0. The van der Waals surface area contributed by atoms with Crippen LogP contribution in [0.2, 0.25) is 0 Å². The number of carbonyl (C=O) groups excluding carboxylic acids is 1. The number of ether oxygens (including phenoxy) is 2. The largest absolute Gasteiger partial charge is 0.480 e. The van der Waals surface area contributed by atoms with Gasteiger partial charge in [0.25, 0.3) is 0 Å². The molecule has 21 heavy (non-hydrogen) atoms. The fraction of sp³-hybridized carbons (Fsp3) is 0.500. The van der Waals surface area contributed by atoms with Crippen LogP contribution in [0.3, 0.4) is 0 Å². The molecule has 116 valence electrons. The molecule has 0 radical (unpaired) electrons. The van der Waals surface area contributed by atoms with Crippen LogP contribution in [0.4, 0.5) is 0 Å². The van der Waals surface area contributed by atoms with Crippen LogP contribution in [0.1, 0.15) is 31.4 Å². The molecular weight excluding hydrogens is 272 g/mol. The van der Waals surface area contributed by atoms with Gasteiger partial charge in [0.05, 0.1) is 12.7 Å². The molecule has 1 rings (SSSR count). The molecule has 5 nitrogen and oxygen atoms in total. The van der Waals surface area contributed by atoms with Crippen LogP contribution in [0.25, 0.3) is 0 Å². The Hall–Kier alpha value is -1.88. The first-order valence-corrected chi connectivity index (χ1v) is 6.89. The predicted molar refractivity (Wildman–Crippen MR) is 78.2 cm³/mol. The third-order valence-corrected chi connectivity index (χ3v) is 3.53. The minimum absolute atomic E-state index is 0.0146. The Morgan fingerprint density at radius 2 is 1.86 bits per heavy atom. The van der Waals surface area contributed by atoms with E-state index in [1.807, 2.05) is 6.92 Å². The Morgan fingerprint density at radius 1 is 1.29 bits per heavy atom. The number of hydrogen-bond donors (Lipinski definition) is 1. The SMILES string of the molecule is CCOC(=O)C(CC(C)OC)(C(=O)O)c1ccc(C)cc1. The van der Waals surface area contributed by atoms with E-state index < -0.39 is 23.5 Å². The number of hydrogen-bond acceptors (Lipinski definition) is 4. The van der Waals surface area contributed by atoms with Crippen molar-refractivity contribution in [3.05, 3.63) is 35.4 Å². The van der Waals surface area contributed by atoms with Gasteiger partial charge in [0.15, 0.2) is 5.41 Å². The average Bonchev–Trinajstić information content (AvgIpc) is 2.45. The van der Waals surface area contributed by atoms with Gasteiger partial charge in [0, 0.05) is 13.5 Å². The maximum Gasteiger partial charge on any atom is 0.328 e. The van der Waals surface area contributed by atoms with Gasteiger partial charge in [-0.2, -0.15) is 0 Å². The van der Waals surface area contributed by atoms with E-state index in [0.717, 1.165) is 5.56 Å². The van der Waals surface area contributed by atoms with E-state index >= 15 is 0 Å². The van der Waals surface area contributed by atoms with Crippen LogP contribution in [0, 0.1) is 6.92 Å². The van der Waals surface area contributed by atoms with Gasteiger partial charge >= 0.3 is 11.9 Å². The Morgan fingerprint density at radius 3 is 2.29 bits per heavy atom. The third kappa shape index (κ3) is 3.61. The van der Waals surface area contributed by atoms with Crippen molar-refractivity contribution in [2.24, 2.45) is 0 Å². The number of benzene rings is 1. The lowest BCUT2D eigenvalue weighted by Gasteiger charge is -2.29. The number of methoxy groups -OCH3 is 1.